The summed E-state index contributed by atoms with van der Waals surface area (Å²) in [7, 11) is 1.64. The van der Waals surface area contributed by atoms with Crippen LogP contribution in [0.15, 0.2) is 18.3 Å². The number of aromatic nitrogens is 1. The summed E-state index contributed by atoms with van der Waals surface area (Å²) in [4.78, 5) is 17.7. The van der Waals surface area contributed by atoms with Crippen molar-refractivity contribution < 1.29 is 4.79 Å². The molecule has 6 nitrogen and oxygen atoms in total. The Hall–Kier alpha value is -1.66. The highest BCUT2D eigenvalue weighted by Gasteiger charge is 2.10. The average molecular weight is 251 g/mol. The van der Waals surface area contributed by atoms with Crippen LogP contribution in [0.25, 0.3) is 0 Å². The number of carbonyl (C=O) groups is 1. The van der Waals surface area contributed by atoms with E-state index in [0.717, 1.165) is 24.3 Å². The molecule has 0 atom stereocenters. The summed E-state index contributed by atoms with van der Waals surface area (Å²) in [6, 6.07) is 3.68. The Morgan fingerprint density at radius 1 is 1.56 bits per heavy atom. The minimum atomic E-state index is 0.0107. The molecule has 0 radical (unpaired) electrons. The topological polar surface area (TPSA) is 83.3 Å². The number of amides is 1. The number of nitrogens with zero attached hydrogens (tertiary/aromatic N) is 2. The largest absolute Gasteiger partial charge is 0.358 e. The highest BCUT2D eigenvalue weighted by atomic mass is 16.1. The lowest BCUT2D eigenvalue weighted by Crippen LogP contribution is -2.35. The van der Waals surface area contributed by atoms with E-state index in [2.05, 4.69) is 27.6 Å². The molecule has 0 aliphatic carbocycles. The van der Waals surface area contributed by atoms with Crippen molar-refractivity contribution in [2.75, 3.05) is 25.6 Å². The molecular weight excluding hydrogens is 230 g/mol. The van der Waals surface area contributed by atoms with Crippen molar-refractivity contribution in [1.29, 1.82) is 0 Å². The van der Waals surface area contributed by atoms with Gasteiger partial charge in [-0.05, 0) is 25.1 Å². The van der Waals surface area contributed by atoms with E-state index in [-0.39, 0.29) is 5.91 Å². The van der Waals surface area contributed by atoms with Crippen LogP contribution in [0.2, 0.25) is 0 Å². The van der Waals surface area contributed by atoms with E-state index in [0.29, 0.717) is 13.1 Å². The number of nitrogen functional groups attached to an aromatic ring is 1. The van der Waals surface area contributed by atoms with Gasteiger partial charge in [-0.3, -0.25) is 20.5 Å². The van der Waals surface area contributed by atoms with E-state index >= 15 is 0 Å². The summed E-state index contributed by atoms with van der Waals surface area (Å²) in [5.41, 5.74) is 4.29. The van der Waals surface area contributed by atoms with Crippen LogP contribution in [0, 0.1) is 0 Å². The monoisotopic (exact) mass is 251 g/mol. The van der Waals surface area contributed by atoms with Crippen LogP contribution >= 0.6 is 0 Å². The lowest BCUT2D eigenvalue weighted by Gasteiger charge is -2.20. The zero-order valence-corrected chi connectivity index (χ0v) is 10.9. The zero-order chi connectivity index (χ0) is 13.4. The Kier molecular flexibility index (Phi) is 6.10. The van der Waals surface area contributed by atoms with E-state index in [4.69, 9.17) is 5.84 Å². The molecule has 1 amide bonds. The molecule has 18 heavy (non-hydrogen) atoms. The summed E-state index contributed by atoms with van der Waals surface area (Å²) in [5.74, 6) is 5.37. The second kappa shape index (κ2) is 7.62. The number of carbonyl (C=O) groups excluding carboxylic acids is 1. The Bertz CT molecular complexity index is 382. The highest BCUT2D eigenvalue weighted by Crippen LogP contribution is 2.08. The van der Waals surface area contributed by atoms with Gasteiger partial charge in [0.25, 0.3) is 0 Å². The third kappa shape index (κ3) is 4.68. The first-order valence-electron chi connectivity index (χ1n) is 6.04. The molecule has 0 unspecified atom stereocenters. The third-order valence-electron chi connectivity index (χ3n) is 2.55. The fourth-order valence-corrected chi connectivity index (χ4v) is 1.70. The van der Waals surface area contributed by atoms with E-state index in [1.54, 1.807) is 19.3 Å². The molecule has 0 aromatic carbocycles. The molecule has 0 bridgehead atoms. The van der Waals surface area contributed by atoms with Crippen LogP contribution in [0.3, 0.4) is 0 Å². The van der Waals surface area contributed by atoms with E-state index in [9.17, 15) is 4.79 Å². The predicted molar refractivity (Wildman–Crippen MR) is 71.7 cm³/mol. The molecule has 0 aliphatic heterocycles. The lowest BCUT2D eigenvalue weighted by molar-refractivity contribution is -0.121. The lowest BCUT2D eigenvalue weighted by atomic mass is 10.3. The fraction of sp³-hybridized carbons (Fsp3) is 0.500. The maximum absolute atomic E-state index is 11.4. The Morgan fingerprint density at radius 3 is 2.94 bits per heavy atom. The number of hydrazine groups is 1. The smallest absolute Gasteiger partial charge is 0.233 e. The van der Waals surface area contributed by atoms with Crippen LogP contribution in [0.4, 0.5) is 5.69 Å². The molecule has 0 fully saturated rings. The number of likely N-dealkylation sites (N-methyl/N-ethyl adjacent to an activating group) is 1. The van der Waals surface area contributed by atoms with Crippen molar-refractivity contribution in [3.63, 3.8) is 0 Å². The summed E-state index contributed by atoms with van der Waals surface area (Å²) in [5, 5.41) is 2.63. The quantitative estimate of drug-likeness (QED) is 0.480. The second-order valence-corrected chi connectivity index (χ2v) is 4.06. The normalized spacial score (nSPS) is 10.4. The SMILES string of the molecule is CCCN(CC(=O)NC)Cc1cc(NN)ccn1. The minimum absolute atomic E-state index is 0.0107. The van der Waals surface area contributed by atoms with Gasteiger partial charge in [-0.2, -0.15) is 0 Å². The fourth-order valence-electron chi connectivity index (χ4n) is 1.70. The molecule has 6 heteroatoms. The number of nitrogens with two attached hydrogens (primary N) is 1. The van der Waals surface area contributed by atoms with Crippen LogP contribution in [-0.2, 0) is 11.3 Å². The molecule has 0 saturated heterocycles. The van der Waals surface area contributed by atoms with Gasteiger partial charge in [0.15, 0.2) is 0 Å². The molecule has 0 saturated carbocycles. The van der Waals surface area contributed by atoms with Gasteiger partial charge in [0.2, 0.25) is 5.91 Å². The van der Waals surface area contributed by atoms with E-state index < -0.39 is 0 Å². The van der Waals surface area contributed by atoms with Gasteiger partial charge in [0.05, 0.1) is 17.9 Å². The number of hydrogen-bond acceptors (Lipinski definition) is 5. The molecule has 1 aromatic heterocycles. The molecule has 0 spiro atoms. The maximum Gasteiger partial charge on any atom is 0.233 e. The van der Waals surface area contributed by atoms with Crippen LogP contribution in [0.1, 0.15) is 19.0 Å². The zero-order valence-electron chi connectivity index (χ0n) is 10.9. The maximum atomic E-state index is 11.4. The Morgan fingerprint density at radius 2 is 2.33 bits per heavy atom. The first-order chi connectivity index (χ1) is 8.69. The van der Waals surface area contributed by atoms with Crippen LogP contribution in [0.5, 0.6) is 0 Å². The van der Waals surface area contributed by atoms with Crippen molar-refractivity contribution in [3.8, 4) is 0 Å². The van der Waals surface area contributed by atoms with Crippen molar-refractivity contribution >= 4 is 11.6 Å². The summed E-state index contributed by atoms with van der Waals surface area (Å²) in [6.45, 7) is 3.96. The number of rotatable bonds is 7. The van der Waals surface area contributed by atoms with Crippen LogP contribution < -0.4 is 16.6 Å². The summed E-state index contributed by atoms with van der Waals surface area (Å²) < 4.78 is 0. The predicted octanol–water partition coefficient (Wildman–Crippen LogP) is 0.325. The van der Waals surface area contributed by atoms with Gasteiger partial charge in [-0.15, -0.1) is 0 Å². The number of anilines is 1. The summed E-state index contributed by atoms with van der Waals surface area (Å²) in [6.07, 6.45) is 2.69. The Balaban J connectivity index is 2.66. The van der Waals surface area contributed by atoms with Crippen LogP contribution in [-0.4, -0.2) is 35.9 Å². The standard InChI is InChI=1S/C12H21N5O/c1-3-6-17(9-12(18)14-2)8-11-7-10(16-13)4-5-15-11/h4-5,7H,3,6,8-9,13H2,1-2H3,(H,14,18)(H,15,16). The van der Waals surface area contributed by atoms with Gasteiger partial charge in [0, 0.05) is 19.8 Å². The molecular formula is C12H21N5O. The average Bonchev–Trinajstić information content (AvgIpc) is 2.39. The number of hydrogen-bond donors (Lipinski definition) is 3. The first-order valence-corrected chi connectivity index (χ1v) is 6.04. The van der Waals surface area contributed by atoms with E-state index in [1.165, 1.54) is 0 Å². The van der Waals surface area contributed by atoms with E-state index in [1.807, 2.05) is 6.07 Å². The van der Waals surface area contributed by atoms with Gasteiger partial charge >= 0.3 is 0 Å². The van der Waals surface area contributed by atoms with Crippen molar-refractivity contribution in [3.05, 3.63) is 24.0 Å². The molecule has 4 N–H and O–H groups in total. The van der Waals surface area contributed by atoms with Gasteiger partial charge in [-0.1, -0.05) is 6.92 Å². The molecule has 1 heterocycles. The van der Waals surface area contributed by atoms with Gasteiger partial charge in [0.1, 0.15) is 0 Å². The van der Waals surface area contributed by atoms with Crippen molar-refractivity contribution in [1.82, 2.24) is 15.2 Å². The second-order valence-electron chi connectivity index (χ2n) is 4.06. The first kappa shape index (κ1) is 14.4. The summed E-state index contributed by atoms with van der Waals surface area (Å²) >= 11 is 0. The highest BCUT2D eigenvalue weighted by molar-refractivity contribution is 5.77. The molecule has 100 valence electrons. The van der Waals surface area contributed by atoms with Gasteiger partial charge < -0.3 is 10.7 Å². The number of pyridine rings is 1. The molecule has 1 rings (SSSR count). The third-order valence-corrected chi connectivity index (χ3v) is 2.55. The Labute approximate surface area is 108 Å². The minimum Gasteiger partial charge on any atom is -0.358 e. The number of nitrogens with one attached hydrogen (secondary N) is 2. The van der Waals surface area contributed by atoms with Crippen molar-refractivity contribution in [2.24, 2.45) is 5.84 Å². The van der Waals surface area contributed by atoms with Gasteiger partial charge in [-0.25, -0.2) is 0 Å². The molecule has 0 aliphatic rings. The van der Waals surface area contributed by atoms with Crippen molar-refractivity contribution in [2.45, 2.75) is 19.9 Å². The molecule has 1 aromatic rings.